The minimum Gasteiger partial charge on any atom is -0.371 e. The number of hydroxylamine groups is 1. The van der Waals surface area contributed by atoms with Gasteiger partial charge in [-0.3, -0.25) is 14.8 Å². The average Bonchev–Trinajstić information content (AvgIpc) is 2.90. The molecule has 0 saturated carbocycles. The van der Waals surface area contributed by atoms with Gasteiger partial charge in [0.2, 0.25) is 0 Å². The maximum Gasteiger partial charge on any atom is 0.274 e. The number of carbonyl (C=O) groups is 2. The highest BCUT2D eigenvalue weighted by Gasteiger charge is 2.43. The van der Waals surface area contributed by atoms with Gasteiger partial charge < -0.3 is 10.2 Å². The lowest BCUT2D eigenvalue weighted by Gasteiger charge is -2.26. The lowest BCUT2D eigenvalue weighted by Crippen LogP contribution is -2.44. The monoisotopic (exact) mass is 343 g/mol. The van der Waals surface area contributed by atoms with Crippen LogP contribution in [0.3, 0.4) is 0 Å². The van der Waals surface area contributed by atoms with Gasteiger partial charge in [-0.05, 0) is 55.8 Å². The van der Waals surface area contributed by atoms with Crippen LogP contribution in [0, 0.1) is 5.82 Å². The van der Waals surface area contributed by atoms with E-state index in [2.05, 4.69) is 5.32 Å². The molecule has 1 aliphatic heterocycles. The first-order valence-electron chi connectivity index (χ1n) is 7.83. The third kappa shape index (κ3) is 3.32. The molecule has 2 aromatic rings. The van der Waals surface area contributed by atoms with Crippen molar-refractivity contribution in [2.45, 2.75) is 18.9 Å². The highest BCUT2D eigenvalue weighted by molar-refractivity contribution is 6.04. The summed E-state index contributed by atoms with van der Waals surface area (Å²) in [6, 6.07) is 12.4. The smallest absolute Gasteiger partial charge is 0.274 e. The van der Waals surface area contributed by atoms with E-state index in [1.807, 2.05) is 0 Å². The number of anilines is 2. The molecule has 1 saturated heterocycles. The molecule has 0 radical (unpaired) electrons. The molecule has 0 aliphatic carbocycles. The van der Waals surface area contributed by atoms with Crippen molar-refractivity contribution in [1.82, 2.24) is 5.48 Å². The summed E-state index contributed by atoms with van der Waals surface area (Å²) in [5.41, 5.74) is 2.25. The van der Waals surface area contributed by atoms with Crippen LogP contribution in [-0.4, -0.2) is 29.1 Å². The van der Waals surface area contributed by atoms with E-state index in [-0.39, 0.29) is 11.7 Å². The van der Waals surface area contributed by atoms with Crippen LogP contribution in [0.15, 0.2) is 48.5 Å². The van der Waals surface area contributed by atoms with Crippen LogP contribution in [-0.2, 0) is 4.79 Å². The lowest BCUT2D eigenvalue weighted by atomic mass is 10.00. The summed E-state index contributed by atoms with van der Waals surface area (Å²) >= 11 is 0. The van der Waals surface area contributed by atoms with Crippen molar-refractivity contribution in [3.8, 4) is 0 Å². The number of hydrogen-bond donors (Lipinski definition) is 3. The number of rotatable bonds is 4. The second-order valence-corrected chi connectivity index (χ2v) is 6.16. The van der Waals surface area contributed by atoms with Gasteiger partial charge in [-0.1, -0.05) is 6.07 Å². The Labute approximate surface area is 144 Å². The van der Waals surface area contributed by atoms with E-state index in [9.17, 15) is 14.0 Å². The zero-order chi connectivity index (χ0) is 18.0. The van der Waals surface area contributed by atoms with Crippen molar-refractivity contribution in [3.63, 3.8) is 0 Å². The summed E-state index contributed by atoms with van der Waals surface area (Å²) in [5.74, 6) is -1.13. The van der Waals surface area contributed by atoms with E-state index in [0.717, 1.165) is 0 Å². The Bertz CT molecular complexity index is 809. The van der Waals surface area contributed by atoms with Crippen molar-refractivity contribution in [3.05, 3.63) is 59.9 Å². The standard InChI is InChI=1S/C18H18FN3O3/c1-18(20-14-7-5-12(6-8-14)16(23)21-25)9-10-22(17(18)24)15-4-2-3-13(19)11-15/h2-8,11,20,25H,9-10H2,1H3,(H,21,23). The molecule has 2 aromatic carbocycles. The molecule has 6 nitrogen and oxygen atoms in total. The Morgan fingerprint density at radius 1 is 1.24 bits per heavy atom. The molecule has 2 amide bonds. The fraction of sp³-hybridized carbons (Fsp3) is 0.222. The van der Waals surface area contributed by atoms with Gasteiger partial charge in [0.05, 0.1) is 0 Å². The van der Waals surface area contributed by atoms with E-state index in [0.29, 0.717) is 29.9 Å². The fourth-order valence-corrected chi connectivity index (χ4v) is 2.94. The van der Waals surface area contributed by atoms with Gasteiger partial charge in [-0.25, -0.2) is 9.87 Å². The van der Waals surface area contributed by atoms with E-state index in [1.165, 1.54) is 12.1 Å². The number of amides is 2. The van der Waals surface area contributed by atoms with Crippen molar-refractivity contribution in [2.75, 3.05) is 16.8 Å². The second-order valence-electron chi connectivity index (χ2n) is 6.16. The molecule has 130 valence electrons. The average molecular weight is 343 g/mol. The van der Waals surface area contributed by atoms with Gasteiger partial charge in [0, 0.05) is 23.5 Å². The molecule has 3 rings (SSSR count). The van der Waals surface area contributed by atoms with Crippen LogP contribution in [0.1, 0.15) is 23.7 Å². The first-order chi connectivity index (χ1) is 11.9. The van der Waals surface area contributed by atoms with Crippen molar-refractivity contribution >= 4 is 23.2 Å². The molecule has 25 heavy (non-hydrogen) atoms. The minimum atomic E-state index is -0.826. The summed E-state index contributed by atoms with van der Waals surface area (Å²) in [6.07, 6.45) is 0.557. The summed E-state index contributed by atoms with van der Waals surface area (Å²) in [4.78, 5) is 25.7. The minimum absolute atomic E-state index is 0.143. The summed E-state index contributed by atoms with van der Waals surface area (Å²) < 4.78 is 13.4. The molecule has 1 aliphatic rings. The molecule has 0 bridgehead atoms. The number of hydrogen-bond acceptors (Lipinski definition) is 4. The Morgan fingerprint density at radius 2 is 1.96 bits per heavy atom. The first-order valence-corrected chi connectivity index (χ1v) is 7.83. The lowest BCUT2D eigenvalue weighted by molar-refractivity contribution is -0.120. The Morgan fingerprint density at radius 3 is 2.60 bits per heavy atom. The van der Waals surface area contributed by atoms with Crippen LogP contribution >= 0.6 is 0 Å². The molecule has 1 unspecified atom stereocenters. The largest absolute Gasteiger partial charge is 0.371 e. The molecule has 7 heteroatoms. The molecule has 3 N–H and O–H groups in total. The quantitative estimate of drug-likeness (QED) is 0.589. The van der Waals surface area contributed by atoms with Crippen LogP contribution in [0.25, 0.3) is 0 Å². The normalized spacial score (nSPS) is 19.8. The third-order valence-electron chi connectivity index (χ3n) is 4.34. The number of nitrogens with zero attached hydrogens (tertiary/aromatic N) is 1. The second kappa shape index (κ2) is 6.52. The third-order valence-corrected chi connectivity index (χ3v) is 4.34. The topological polar surface area (TPSA) is 81.7 Å². The van der Waals surface area contributed by atoms with Gasteiger partial charge in [0.25, 0.3) is 11.8 Å². The number of nitrogens with one attached hydrogen (secondary N) is 2. The SMILES string of the molecule is CC1(Nc2ccc(C(=O)NO)cc2)CCN(c2cccc(F)c2)C1=O. The van der Waals surface area contributed by atoms with Gasteiger partial charge in [0.1, 0.15) is 11.4 Å². The Hall–Kier alpha value is -2.93. The molecule has 1 heterocycles. The van der Waals surface area contributed by atoms with Gasteiger partial charge in [0.15, 0.2) is 0 Å². The maximum atomic E-state index is 13.4. The van der Waals surface area contributed by atoms with E-state index >= 15 is 0 Å². The zero-order valence-corrected chi connectivity index (χ0v) is 13.6. The van der Waals surface area contributed by atoms with Crippen molar-refractivity contribution in [2.24, 2.45) is 0 Å². The predicted octanol–water partition coefficient (Wildman–Crippen LogP) is 2.55. The first kappa shape index (κ1) is 16.9. The van der Waals surface area contributed by atoms with E-state index in [4.69, 9.17) is 5.21 Å². The van der Waals surface area contributed by atoms with Crippen molar-refractivity contribution in [1.29, 1.82) is 0 Å². The predicted molar refractivity (Wildman–Crippen MR) is 91.1 cm³/mol. The van der Waals surface area contributed by atoms with Crippen molar-refractivity contribution < 1.29 is 19.2 Å². The summed E-state index contributed by atoms with van der Waals surface area (Å²) in [5, 5.41) is 11.8. The molecule has 1 fully saturated rings. The van der Waals surface area contributed by atoms with Gasteiger partial charge in [-0.2, -0.15) is 0 Å². The Kier molecular flexibility index (Phi) is 4.41. The van der Waals surface area contributed by atoms with Gasteiger partial charge in [-0.15, -0.1) is 0 Å². The molecule has 1 atom stereocenters. The number of halogens is 1. The highest BCUT2D eigenvalue weighted by atomic mass is 19.1. The molecule has 0 spiro atoms. The number of benzene rings is 2. The van der Waals surface area contributed by atoms with Crippen LogP contribution < -0.4 is 15.7 Å². The van der Waals surface area contributed by atoms with E-state index < -0.39 is 11.4 Å². The Balaban J connectivity index is 1.76. The fourth-order valence-electron chi connectivity index (χ4n) is 2.94. The van der Waals surface area contributed by atoms with Crippen LogP contribution in [0.5, 0.6) is 0 Å². The van der Waals surface area contributed by atoms with Crippen LogP contribution in [0.2, 0.25) is 0 Å². The maximum absolute atomic E-state index is 13.4. The molecular weight excluding hydrogens is 325 g/mol. The summed E-state index contributed by atoms with van der Waals surface area (Å²) in [6.45, 7) is 2.28. The highest BCUT2D eigenvalue weighted by Crippen LogP contribution is 2.31. The van der Waals surface area contributed by atoms with Crippen LogP contribution in [0.4, 0.5) is 15.8 Å². The van der Waals surface area contributed by atoms with Gasteiger partial charge >= 0.3 is 0 Å². The molecular formula is C18H18FN3O3. The van der Waals surface area contributed by atoms with E-state index in [1.54, 1.807) is 53.7 Å². The summed E-state index contributed by atoms with van der Waals surface area (Å²) in [7, 11) is 0. The number of carbonyl (C=O) groups excluding carboxylic acids is 2. The zero-order valence-electron chi connectivity index (χ0n) is 13.6. The molecule has 0 aromatic heterocycles.